The van der Waals surface area contributed by atoms with Gasteiger partial charge in [-0.2, -0.15) is 11.8 Å². The average Bonchev–Trinajstić information content (AvgIpc) is 2.81. The Hall–Kier alpha value is -1.59. The highest BCUT2D eigenvalue weighted by molar-refractivity contribution is 7.99. The van der Waals surface area contributed by atoms with Crippen LogP contribution in [0.3, 0.4) is 0 Å². The van der Waals surface area contributed by atoms with Crippen LogP contribution in [0.25, 0.3) is 0 Å². The summed E-state index contributed by atoms with van der Waals surface area (Å²) in [6, 6.07) is 9.65. The van der Waals surface area contributed by atoms with Crippen LogP contribution in [-0.4, -0.2) is 39.6 Å². The van der Waals surface area contributed by atoms with Crippen molar-refractivity contribution in [2.75, 3.05) is 18.8 Å². The number of amides is 1. The first kappa shape index (κ1) is 15.3. The van der Waals surface area contributed by atoms with Crippen LogP contribution in [0, 0.1) is 0 Å². The maximum atomic E-state index is 12.4. The van der Waals surface area contributed by atoms with E-state index < -0.39 is 0 Å². The number of carbonyl (C=O) groups is 1. The van der Waals surface area contributed by atoms with Gasteiger partial charge in [0.15, 0.2) is 0 Å². The van der Waals surface area contributed by atoms with Crippen molar-refractivity contribution < 1.29 is 4.79 Å². The summed E-state index contributed by atoms with van der Waals surface area (Å²) in [5, 5.41) is 1.12. The molecule has 0 bridgehead atoms. The van der Waals surface area contributed by atoms with Crippen LogP contribution in [0.1, 0.15) is 27.9 Å². The van der Waals surface area contributed by atoms with E-state index in [0.717, 1.165) is 22.8 Å². The van der Waals surface area contributed by atoms with Crippen molar-refractivity contribution in [1.29, 1.82) is 0 Å². The van der Waals surface area contributed by atoms with Gasteiger partial charge in [-0.15, -0.1) is 0 Å². The molecule has 1 aromatic heterocycles. The summed E-state index contributed by atoms with van der Waals surface area (Å²) < 4.78 is 0. The second-order valence-electron chi connectivity index (χ2n) is 5.03. The molecule has 1 fully saturated rings. The Morgan fingerprint density at radius 3 is 2.73 bits per heavy atom. The summed E-state index contributed by atoms with van der Waals surface area (Å²) in [6.45, 7) is 1.41. The zero-order chi connectivity index (χ0) is 15.4. The Bertz CT molecular complexity index is 653. The molecule has 0 radical (unpaired) electrons. The maximum absolute atomic E-state index is 12.4. The lowest BCUT2D eigenvalue weighted by Gasteiger charge is -2.19. The van der Waals surface area contributed by atoms with Crippen LogP contribution in [0.4, 0.5) is 0 Å². The van der Waals surface area contributed by atoms with Crippen LogP contribution in [0.2, 0.25) is 5.02 Å². The van der Waals surface area contributed by atoms with Crippen molar-refractivity contribution in [2.24, 2.45) is 0 Å². The van der Waals surface area contributed by atoms with Crippen molar-refractivity contribution in [3.05, 3.63) is 59.1 Å². The number of benzene rings is 1. The fourth-order valence-corrected chi connectivity index (χ4v) is 4.11. The Morgan fingerprint density at radius 1 is 1.18 bits per heavy atom. The molecule has 1 aliphatic rings. The number of rotatable bonds is 2. The molecule has 0 N–H and O–H groups in total. The molecule has 1 aliphatic heterocycles. The lowest BCUT2D eigenvalue weighted by Crippen LogP contribution is -2.34. The molecule has 0 saturated carbocycles. The first-order valence-electron chi connectivity index (χ1n) is 7.18. The van der Waals surface area contributed by atoms with E-state index in [-0.39, 0.29) is 11.7 Å². The summed E-state index contributed by atoms with van der Waals surface area (Å²) in [6.07, 6.45) is 4.08. The number of carbonyl (C=O) groups excluding carboxylic acids is 1. The first-order chi connectivity index (χ1) is 10.8. The molecule has 114 valence electrons. The molecule has 4 nitrogen and oxygen atoms in total. The van der Waals surface area contributed by atoms with E-state index in [1.807, 2.05) is 34.9 Å². The predicted octanol–water partition coefficient (Wildman–Crippen LogP) is 3.45. The minimum absolute atomic E-state index is 0.0963. The highest BCUT2D eigenvalue weighted by Gasteiger charge is 2.24. The van der Waals surface area contributed by atoms with Crippen molar-refractivity contribution in [2.45, 2.75) is 11.7 Å². The van der Waals surface area contributed by atoms with Gasteiger partial charge >= 0.3 is 0 Å². The van der Waals surface area contributed by atoms with Crippen LogP contribution in [0.15, 0.2) is 42.7 Å². The molecule has 1 amide bonds. The van der Waals surface area contributed by atoms with Gasteiger partial charge in [0.1, 0.15) is 0 Å². The van der Waals surface area contributed by atoms with Crippen LogP contribution >= 0.6 is 23.4 Å². The van der Waals surface area contributed by atoms with E-state index in [0.29, 0.717) is 18.3 Å². The normalized spacial score (nSPS) is 18.8. The first-order valence-corrected chi connectivity index (χ1v) is 8.60. The molecular formula is C16H16ClN3OS. The van der Waals surface area contributed by atoms with Gasteiger partial charge in [0.25, 0.3) is 5.91 Å². The number of hydrogen-bond donors (Lipinski definition) is 0. The van der Waals surface area contributed by atoms with E-state index in [9.17, 15) is 4.79 Å². The third-order valence-electron chi connectivity index (χ3n) is 3.64. The Morgan fingerprint density at radius 2 is 1.95 bits per heavy atom. The molecule has 1 saturated heterocycles. The molecule has 0 aliphatic carbocycles. The maximum Gasteiger partial charge on any atom is 0.291 e. The summed E-state index contributed by atoms with van der Waals surface area (Å²) in [5.41, 5.74) is 1.15. The van der Waals surface area contributed by atoms with Gasteiger partial charge in [0.05, 0.1) is 0 Å². The third-order valence-corrected chi connectivity index (χ3v) is 5.29. The molecule has 1 aromatic carbocycles. The second kappa shape index (κ2) is 7.11. The lowest BCUT2D eigenvalue weighted by atomic mass is 10.1. The highest BCUT2D eigenvalue weighted by Crippen LogP contribution is 2.37. The van der Waals surface area contributed by atoms with Crippen molar-refractivity contribution >= 4 is 29.3 Å². The molecule has 1 atom stereocenters. The number of nitrogens with zero attached hydrogens (tertiary/aromatic N) is 3. The number of aromatic nitrogens is 2. The van der Waals surface area contributed by atoms with Gasteiger partial charge in [-0.25, -0.2) is 9.97 Å². The second-order valence-corrected chi connectivity index (χ2v) is 6.75. The summed E-state index contributed by atoms with van der Waals surface area (Å²) in [5.74, 6) is 1.05. The Labute approximate surface area is 138 Å². The van der Waals surface area contributed by atoms with Gasteiger partial charge < -0.3 is 4.90 Å². The van der Waals surface area contributed by atoms with Crippen LogP contribution < -0.4 is 0 Å². The molecule has 2 heterocycles. The lowest BCUT2D eigenvalue weighted by molar-refractivity contribution is 0.0754. The van der Waals surface area contributed by atoms with E-state index in [4.69, 9.17) is 11.6 Å². The molecular weight excluding hydrogens is 318 g/mol. The summed E-state index contributed by atoms with van der Waals surface area (Å²) >= 11 is 8.14. The predicted molar refractivity (Wildman–Crippen MR) is 89.2 cm³/mol. The highest BCUT2D eigenvalue weighted by atomic mass is 35.5. The Balaban J connectivity index is 1.70. The molecule has 22 heavy (non-hydrogen) atoms. The molecule has 0 spiro atoms. The molecule has 3 rings (SSSR count). The van der Waals surface area contributed by atoms with Gasteiger partial charge in [0, 0.05) is 41.5 Å². The number of hydrogen-bond acceptors (Lipinski definition) is 4. The van der Waals surface area contributed by atoms with Crippen molar-refractivity contribution in [3.63, 3.8) is 0 Å². The van der Waals surface area contributed by atoms with Gasteiger partial charge in [-0.3, -0.25) is 4.79 Å². The van der Waals surface area contributed by atoms with E-state index in [2.05, 4.69) is 16.0 Å². The minimum Gasteiger partial charge on any atom is -0.335 e. The monoisotopic (exact) mass is 333 g/mol. The summed E-state index contributed by atoms with van der Waals surface area (Å²) in [4.78, 5) is 22.4. The fraction of sp³-hybridized carbons (Fsp3) is 0.312. The van der Waals surface area contributed by atoms with Gasteiger partial charge in [-0.05, 0) is 24.1 Å². The Kier molecular flexibility index (Phi) is 4.95. The molecule has 2 aromatic rings. The summed E-state index contributed by atoms with van der Waals surface area (Å²) in [7, 11) is 0. The smallest absolute Gasteiger partial charge is 0.291 e. The van der Waals surface area contributed by atoms with E-state index in [1.54, 1.807) is 18.5 Å². The van der Waals surface area contributed by atoms with Crippen LogP contribution in [0.5, 0.6) is 0 Å². The quantitative estimate of drug-likeness (QED) is 0.844. The standard InChI is InChI=1S/C16H16ClN3OS/c17-13-5-2-1-4-12(13)14-6-9-20(10-11-22-14)16(21)15-18-7-3-8-19-15/h1-5,7-8,14H,6,9-11H2. The topological polar surface area (TPSA) is 46.1 Å². The van der Waals surface area contributed by atoms with E-state index in [1.165, 1.54) is 0 Å². The van der Waals surface area contributed by atoms with Crippen molar-refractivity contribution in [1.82, 2.24) is 14.9 Å². The third kappa shape index (κ3) is 3.42. The molecule has 1 unspecified atom stereocenters. The number of thioether (sulfide) groups is 1. The van der Waals surface area contributed by atoms with Gasteiger partial charge in [0.2, 0.25) is 5.82 Å². The SMILES string of the molecule is O=C(c1ncccn1)N1CCSC(c2ccccc2Cl)CC1. The zero-order valence-corrected chi connectivity index (χ0v) is 13.6. The van der Waals surface area contributed by atoms with Crippen LogP contribution in [-0.2, 0) is 0 Å². The largest absolute Gasteiger partial charge is 0.335 e. The minimum atomic E-state index is -0.0963. The van der Waals surface area contributed by atoms with Crippen molar-refractivity contribution in [3.8, 4) is 0 Å². The van der Waals surface area contributed by atoms with E-state index >= 15 is 0 Å². The number of halogens is 1. The fourth-order valence-electron chi connectivity index (χ4n) is 2.51. The molecule has 6 heteroatoms. The van der Waals surface area contributed by atoms with Gasteiger partial charge in [-0.1, -0.05) is 29.8 Å². The zero-order valence-electron chi connectivity index (χ0n) is 12.0. The average molecular weight is 334 g/mol.